The third-order valence-electron chi connectivity index (χ3n) is 4.56. The maximum Gasteiger partial charge on any atom is 0.158 e. The largest absolute Gasteiger partial charge is 0.297 e. The molecule has 0 amide bonds. The van der Waals surface area contributed by atoms with Crippen LogP contribution in [0.5, 0.6) is 0 Å². The molecule has 0 atom stereocenters. The number of ketones is 1. The van der Waals surface area contributed by atoms with Crippen LogP contribution in [0.2, 0.25) is 0 Å². The molecule has 1 aromatic heterocycles. The fourth-order valence-electron chi connectivity index (χ4n) is 2.92. The van der Waals surface area contributed by atoms with Gasteiger partial charge in [-0.15, -0.1) is 0 Å². The monoisotopic (exact) mass is 277 g/mol. The fraction of sp³-hybridized carbons (Fsp3) is 0.750. The van der Waals surface area contributed by atoms with Crippen LogP contribution in [-0.2, 0) is 24.7 Å². The first-order valence-electron chi connectivity index (χ1n) is 7.75. The molecule has 0 radical (unpaired) electrons. The molecular weight excluding hydrogens is 250 g/mol. The Morgan fingerprint density at radius 2 is 1.95 bits per heavy atom. The molecule has 1 aliphatic heterocycles. The van der Waals surface area contributed by atoms with Gasteiger partial charge in [0.1, 0.15) is 0 Å². The van der Waals surface area contributed by atoms with Crippen LogP contribution in [0.15, 0.2) is 6.07 Å². The summed E-state index contributed by atoms with van der Waals surface area (Å²) in [6.45, 7) is 8.32. The highest BCUT2D eigenvalue weighted by Gasteiger charge is 2.35. The second kappa shape index (κ2) is 6.08. The lowest BCUT2D eigenvalue weighted by Crippen LogP contribution is -2.52. The number of aromatic nitrogens is 2. The number of carbonyl (C=O) groups is 1. The van der Waals surface area contributed by atoms with Crippen molar-refractivity contribution < 1.29 is 4.79 Å². The number of nitrogens with zero attached hydrogens (tertiary/aromatic N) is 3. The summed E-state index contributed by atoms with van der Waals surface area (Å²) in [4.78, 5) is 15.0. The van der Waals surface area contributed by atoms with Gasteiger partial charge in [-0.2, -0.15) is 5.10 Å². The number of Topliss-reactive ketones (excluding diaryl/α,β-unsaturated/α-hetero) is 1. The molecule has 1 saturated heterocycles. The van der Waals surface area contributed by atoms with Gasteiger partial charge in [0.25, 0.3) is 0 Å². The maximum atomic E-state index is 12.7. The SMILES string of the molecule is CCc1cc(CC(=O)C(C)(C)N2CCCCC2)n(C)n1. The van der Waals surface area contributed by atoms with Gasteiger partial charge < -0.3 is 0 Å². The highest BCUT2D eigenvalue weighted by molar-refractivity contribution is 5.89. The molecule has 0 spiro atoms. The lowest BCUT2D eigenvalue weighted by Gasteiger charge is -2.39. The Morgan fingerprint density at radius 3 is 2.50 bits per heavy atom. The van der Waals surface area contributed by atoms with Gasteiger partial charge in [-0.25, -0.2) is 0 Å². The second-order valence-corrected chi connectivity index (χ2v) is 6.31. The van der Waals surface area contributed by atoms with Crippen LogP contribution in [0.4, 0.5) is 0 Å². The van der Waals surface area contributed by atoms with Gasteiger partial charge in [0.2, 0.25) is 0 Å². The van der Waals surface area contributed by atoms with Gasteiger partial charge >= 0.3 is 0 Å². The first-order valence-corrected chi connectivity index (χ1v) is 7.75. The molecule has 4 nitrogen and oxygen atoms in total. The van der Waals surface area contributed by atoms with E-state index in [1.54, 1.807) is 0 Å². The number of carbonyl (C=O) groups excluding carboxylic acids is 1. The van der Waals surface area contributed by atoms with E-state index < -0.39 is 0 Å². The molecule has 112 valence electrons. The summed E-state index contributed by atoms with van der Waals surface area (Å²) in [7, 11) is 1.93. The van der Waals surface area contributed by atoms with Gasteiger partial charge in [-0.1, -0.05) is 13.3 Å². The second-order valence-electron chi connectivity index (χ2n) is 6.31. The summed E-state index contributed by atoms with van der Waals surface area (Å²) in [5.41, 5.74) is 1.72. The van der Waals surface area contributed by atoms with E-state index in [9.17, 15) is 4.79 Å². The lowest BCUT2D eigenvalue weighted by atomic mass is 9.91. The first-order chi connectivity index (χ1) is 9.45. The molecule has 2 rings (SSSR count). The highest BCUT2D eigenvalue weighted by atomic mass is 16.1. The van der Waals surface area contributed by atoms with E-state index in [1.165, 1.54) is 19.3 Å². The minimum atomic E-state index is -0.364. The van der Waals surface area contributed by atoms with Crippen molar-refractivity contribution in [3.63, 3.8) is 0 Å². The molecule has 2 heterocycles. The van der Waals surface area contributed by atoms with Gasteiger partial charge in [0.15, 0.2) is 5.78 Å². The molecule has 1 aromatic rings. The average Bonchev–Trinajstić information content (AvgIpc) is 2.80. The van der Waals surface area contributed by atoms with Gasteiger partial charge in [0, 0.05) is 12.7 Å². The molecule has 0 N–H and O–H groups in total. The molecule has 0 saturated carbocycles. The Morgan fingerprint density at radius 1 is 1.30 bits per heavy atom. The predicted octanol–water partition coefficient (Wildman–Crippen LogP) is 2.36. The van der Waals surface area contributed by atoms with Crippen molar-refractivity contribution >= 4 is 5.78 Å². The zero-order valence-electron chi connectivity index (χ0n) is 13.3. The zero-order chi connectivity index (χ0) is 14.8. The van der Waals surface area contributed by atoms with E-state index in [0.29, 0.717) is 12.2 Å². The number of rotatable bonds is 5. The van der Waals surface area contributed by atoms with E-state index in [1.807, 2.05) is 11.7 Å². The maximum absolute atomic E-state index is 12.7. The van der Waals surface area contributed by atoms with E-state index in [0.717, 1.165) is 30.9 Å². The van der Waals surface area contributed by atoms with E-state index in [2.05, 4.69) is 36.8 Å². The van der Waals surface area contributed by atoms with Crippen LogP contribution in [-0.4, -0.2) is 39.1 Å². The molecule has 1 aliphatic rings. The van der Waals surface area contributed by atoms with Crippen molar-refractivity contribution in [2.45, 2.75) is 58.4 Å². The summed E-state index contributed by atoms with van der Waals surface area (Å²) < 4.78 is 1.85. The van der Waals surface area contributed by atoms with Crippen LogP contribution in [0, 0.1) is 0 Å². The lowest BCUT2D eigenvalue weighted by molar-refractivity contribution is -0.129. The number of likely N-dealkylation sites (tertiary alicyclic amines) is 1. The molecule has 20 heavy (non-hydrogen) atoms. The highest BCUT2D eigenvalue weighted by Crippen LogP contribution is 2.23. The Balaban J connectivity index is 2.07. The number of hydrogen-bond acceptors (Lipinski definition) is 3. The minimum absolute atomic E-state index is 0.296. The Bertz CT molecular complexity index is 470. The molecule has 4 heteroatoms. The number of aryl methyl sites for hydroxylation is 2. The summed E-state index contributed by atoms with van der Waals surface area (Å²) in [6.07, 6.45) is 5.11. The van der Waals surface area contributed by atoms with E-state index in [4.69, 9.17) is 0 Å². The smallest absolute Gasteiger partial charge is 0.158 e. The van der Waals surface area contributed by atoms with E-state index in [-0.39, 0.29) is 5.54 Å². The topological polar surface area (TPSA) is 38.1 Å². The third-order valence-corrected chi connectivity index (χ3v) is 4.56. The average molecular weight is 277 g/mol. The van der Waals surface area contributed by atoms with Crippen LogP contribution < -0.4 is 0 Å². The summed E-state index contributed by atoms with van der Waals surface area (Å²) in [6, 6.07) is 2.06. The Labute approximate surface area is 122 Å². The Hall–Kier alpha value is -1.16. The molecular formula is C16H27N3O. The molecule has 0 aromatic carbocycles. The fourth-order valence-corrected chi connectivity index (χ4v) is 2.92. The predicted molar refractivity (Wildman–Crippen MR) is 80.8 cm³/mol. The minimum Gasteiger partial charge on any atom is -0.297 e. The summed E-state index contributed by atoms with van der Waals surface area (Å²) in [5.74, 6) is 0.296. The van der Waals surface area contributed by atoms with E-state index >= 15 is 0 Å². The standard InChI is InChI=1S/C16H27N3O/c1-5-13-11-14(18(4)17-13)12-15(20)16(2,3)19-9-7-6-8-10-19/h11H,5-10,12H2,1-4H3. The molecule has 0 unspecified atom stereocenters. The van der Waals surface area contributed by atoms with Crippen LogP contribution in [0.25, 0.3) is 0 Å². The van der Waals surface area contributed by atoms with Crippen molar-refractivity contribution in [2.24, 2.45) is 7.05 Å². The third kappa shape index (κ3) is 3.11. The molecule has 0 aliphatic carbocycles. The van der Waals surface area contributed by atoms with Gasteiger partial charge in [0.05, 0.1) is 17.7 Å². The molecule has 1 fully saturated rings. The number of piperidine rings is 1. The number of hydrogen-bond donors (Lipinski definition) is 0. The van der Waals surface area contributed by atoms with Crippen molar-refractivity contribution in [1.29, 1.82) is 0 Å². The quantitative estimate of drug-likeness (QED) is 0.829. The summed E-state index contributed by atoms with van der Waals surface area (Å²) >= 11 is 0. The van der Waals surface area contributed by atoms with Crippen LogP contribution in [0.1, 0.15) is 51.4 Å². The van der Waals surface area contributed by atoms with Crippen molar-refractivity contribution in [1.82, 2.24) is 14.7 Å². The molecule has 0 bridgehead atoms. The summed E-state index contributed by atoms with van der Waals surface area (Å²) in [5, 5.41) is 4.43. The van der Waals surface area contributed by atoms with Crippen LogP contribution >= 0.6 is 0 Å². The van der Waals surface area contributed by atoms with Crippen molar-refractivity contribution in [3.05, 3.63) is 17.5 Å². The van der Waals surface area contributed by atoms with Gasteiger partial charge in [-0.3, -0.25) is 14.4 Å². The Kier molecular flexibility index (Phi) is 4.63. The van der Waals surface area contributed by atoms with Gasteiger partial charge in [-0.05, 0) is 52.3 Å². The van der Waals surface area contributed by atoms with Crippen LogP contribution in [0.3, 0.4) is 0 Å². The zero-order valence-corrected chi connectivity index (χ0v) is 13.3. The van der Waals surface area contributed by atoms with Crippen molar-refractivity contribution in [2.75, 3.05) is 13.1 Å². The normalized spacial score (nSPS) is 17.4. The van der Waals surface area contributed by atoms with Crippen molar-refractivity contribution in [3.8, 4) is 0 Å². The first kappa shape index (κ1) is 15.2.